The molecule has 0 radical (unpaired) electrons. The second-order valence-corrected chi connectivity index (χ2v) is 5.57. The van der Waals surface area contributed by atoms with E-state index in [1.165, 1.54) is 0 Å². The monoisotopic (exact) mass is 358 g/mol. The summed E-state index contributed by atoms with van der Waals surface area (Å²) in [7, 11) is 0. The summed E-state index contributed by atoms with van der Waals surface area (Å²) in [5.74, 6) is 0.239. The van der Waals surface area contributed by atoms with Crippen molar-refractivity contribution in [2.24, 2.45) is 0 Å². The molecule has 3 aromatic heterocycles. The second kappa shape index (κ2) is 6.17. The summed E-state index contributed by atoms with van der Waals surface area (Å²) in [5.41, 5.74) is -0.299. The van der Waals surface area contributed by atoms with Crippen LogP contribution in [0.3, 0.4) is 0 Å². The molecule has 5 nitrogen and oxygen atoms in total. The number of alkyl halides is 3. The maximum atomic E-state index is 12.6. The summed E-state index contributed by atoms with van der Waals surface area (Å²) in [6, 6.07) is 4.24. The number of nitrogens with zero attached hydrogens (tertiary/aromatic N) is 4. The zero-order valence-electron chi connectivity index (χ0n) is 11.1. The Morgan fingerprint density at radius 1 is 1.17 bits per heavy atom. The third-order valence-corrected chi connectivity index (χ3v) is 3.89. The van der Waals surface area contributed by atoms with Gasteiger partial charge in [0.2, 0.25) is 5.89 Å². The Balaban J connectivity index is 1.82. The fourth-order valence-electron chi connectivity index (χ4n) is 1.60. The van der Waals surface area contributed by atoms with Crippen LogP contribution in [0.25, 0.3) is 11.5 Å². The predicted molar refractivity (Wildman–Crippen MR) is 75.9 cm³/mol. The molecule has 3 rings (SSSR count). The van der Waals surface area contributed by atoms with Crippen molar-refractivity contribution < 1.29 is 17.6 Å². The predicted octanol–water partition coefficient (Wildman–Crippen LogP) is 4.35. The van der Waals surface area contributed by atoms with Crippen LogP contribution in [0.15, 0.2) is 51.5 Å². The van der Waals surface area contributed by atoms with Crippen LogP contribution < -0.4 is 0 Å². The molecule has 0 aromatic carbocycles. The van der Waals surface area contributed by atoms with Crippen LogP contribution in [0.1, 0.15) is 5.56 Å². The molecule has 0 bridgehead atoms. The van der Waals surface area contributed by atoms with Crippen LogP contribution in [0.5, 0.6) is 0 Å². The zero-order valence-corrected chi connectivity index (χ0v) is 12.7. The van der Waals surface area contributed by atoms with Gasteiger partial charge in [-0.25, -0.2) is 4.98 Å². The van der Waals surface area contributed by atoms with Crippen LogP contribution in [0.2, 0.25) is 5.02 Å². The molecule has 0 aliphatic rings. The lowest BCUT2D eigenvalue weighted by Gasteiger charge is -2.07. The van der Waals surface area contributed by atoms with Gasteiger partial charge in [0.15, 0.2) is 0 Å². The van der Waals surface area contributed by atoms with E-state index in [2.05, 4.69) is 20.2 Å². The number of hydrogen-bond donors (Lipinski definition) is 0. The van der Waals surface area contributed by atoms with Crippen molar-refractivity contribution in [3.05, 3.63) is 47.4 Å². The number of hydrogen-bond acceptors (Lipinski definition) is 6. The highest BCUT2D eigenvalue weighted by atomic mass is 35.5. The fraction of sp³-hybridized carbons (Fsp3) is 0.0769. The summed E-state index contributed by atoms with van der Waals surface area (Å²) in [5, 5.41) is 7.74. The van der Waals surface area contributed by atoms with E-state index < -0.39 is 11.7 Å². The van der Waals surface area contributed by atoms with Gasteiger partial charge < -0.3 is 4.42 Å². The van der Waals surface area contributed by atoms with E-state index in [0.29, 0.717) is 11.8 Å². The van der Waals surface area contributed by atoms with Gasteiger partial charge in [-0.3, -0.25) is 4.98 Å². The van der Waals surface area contributed by atoms with Gasteiger partial charge in [-0.15, -0.1) is 10.2 Å². The Kier molecular flexibility index (Phi) is 4.22. The molecule has 3 aromatic rings. The molecular weight excluding hydrogens is 353 g/mol. The van der Waals surface area contributed by atoms with E-state index in [0.717, 1.165) is 17.8 Å². The van der Waals surface area contributed by atoms with E-state index in [-0.39, 0.29) is 21.2 Å². The highest BCUT2D eigenvalue weighted by Crippen LogP contribution is 2.36. The van der Waals surface area contributed by atoms with E-state index in [9.17, 15) is 13.2 Å². The first-order valence-corrected chi connectivity index (χ1v) is 7.27. The van der Waals surface area contributed by atoms with Gasteiger partial charge in [0, 0.05) is 18.6 Å². The minimum Gasteiger partial charge on any atom is -0.411 e. The molecule has 3 heterocycles. The maximum Gasteiger partial charge on any atom is 0.417 e. The van der Waals surface area contributed by atoms with Gasteiger partial charge in [0.1, 0.15) is 5.03 Å². The summed E-state index contributed by atoms with van der Waals surface area (Å²) < 4.78 is 43.1. The van der Waals surface area contributed by atoms with E-state index in [1.54, 1.807) is 24.5 Å². The van der Waals surface area contributed by atoms with Crippen LogP contribution >= 0.6 is 23.4 Å². The van der Waals surface area contributed by atoms with Crippen LogP contribution in [0.4, 0.5) is 13.2 Å². The average Bonchev–Trinajstić information content (AvgIpc) is 2.98. The SMILES string of the molecule is FC(F)(F)c1cnc(Sc2nnc(-c3cccnc3)o2)c(Cl)c1. The van der Waals surface area contributed by atoms with Crippen molar-refractivity contribution in [3.63, 3.8) is 0 Å². The van der Waals surface area contributed by atoms with E-state index >= 15 is 0 Å². The summed E-state index contributed by atoms with van der Waals surface area (Å²) >= 11 is 6.70. The van der Waals surface area contributed by atoms with Crippen molar-refractivity contribution in [1.29, 1.82) is 0 Å². The molecule has 23 heavy (non-hydrogen) atoms. The molecule has 10 heteroatoms. The van der Waals surface area contributed by atoms with Gasteiger partial charge in [0.05, 0.1) is 16.1 Å². The Morgan fingerprint density at radius 3 is 2.65 bits per heavy atom. The Morgan fingerprint density at radius 2 is 2.00 bits per heavy atom. The molecule has 0 atom stereocenters. The highest BCUT2D eigenvalue weighted by molar-refractivity contribution is 7.99. The average molecular weight is 359 g/mol. The molecule has 118 valence electrons. The number of rotatable bonds is 3. The number of halogens is 4. The minimum absolute atomic E-state index is 0.109. The standard InChI is InChI=1S/C13H6ClF3N4OS/c14-9-4-8(13(15,16)17)6-19-11(9)23-12-21-20-10(22-12)7-2-1-3-18-5-7/h1-6H. The molecule has 0 amide bonds. The highest BCUT2D eigenvalue weighted by Gasteiger charge is 2.31. The van der Waals surface area contributed by atoms with Gasteiger partial charge in [0.25, 0.3) is 5.22 Å². The lowest BCUT2D eigenvalue weighted by molar-refractivity contribution is -0.137. The van der Waals surface area contributed by atoms with Crippen LogP contribution in [-0.4, -0.2) is 20.2 Å². The first-order valence-electron chi connectivity index (χ1n) is 6.08. The number of pyridine rings is 2. The smallest absolute Gasteiger partial charge is 0.411 e. The summed E-state index contributed by atoms with van der Waals surface area (Å²) in [6.07, 6.45) is -0.656. The summed E-state index contributed by atoms with van der Waals surface area (Å²) in [6.45, 7) is 0. The van der Waals surface area contributed by atoms with Crippen molar-refractivity contribution in [2.45, 2.75) is 16.4 Å². The van der Waals surface area contributed by atoms with Crippen LogP contribution in [-0.2, 0) is 6.18 Å². The molecule has 0 N–H and O–H groups in total. The molecule has 0 aliphatic carbocycles. The van der Waals surface area contributed by atoms with Gasteiger partial charge in [-0.1, -0.05) is 11.6 Å². The quantitative estimate of drug-likeness (QED) is 0.693. The second-order valence-electron chi connectivity index (χ2n) is 4.23. The zero-order chi connectivity index (χ0) is 16.4. The van der Waals surface area contributed by atoms with Crippen LogP contribution in [0, 0.1) is 0 Å². The Bertz CT molecular complexity index is 826. The normalized spacial score (nSPS) is 11.7. The minimum atomic E-state index is -4.50. The fourth-order valence-corrected chi connectivity index (χ4v) is 2.51. The van der Waals surface area contributed by atoms with Gasteiger partial charge >= 0.3 is 6.18 Å². The van der Waals surface area contributed by atoms with E-state index in [1.807, 2.05) is 0 Å². The van der Waals surface area contributed by atoms with Crippen molar-refractivity contribution in [3.8, 4) is 11.5 Å². The molecule has 0 fully saturated rings. The molecule has 0 spiro atoms. The maximum absolute atomic E-state index is 12.6. The molecule has 0 saturated carbocycles. The topological polar surface area (TPSA) is 64.7 Å². The van der Waals surface area contributed by atoms with Gasteiger partial charge in [-0.2, -0.15) is 13.2 Å². The molecule has 0 aliphatic heterocycles. The van der Waals surface area contributed by atoms with Crippen molar-refractivity contribution in [1.82, 2.24) is 20.2 Å². The third-order valence-electron chi connectivity index (χ3n) is 2.63. The molecular formula is C13H6ClF3N4OS. The molecule has 0 unspecified atom stereocenters. The molecule has 0 saturated heterocycles. The third kappa shape index (κ3) is 3.62. The number of aromatic nitrogens is 4. The Hall–Kier alpha value is -2.13. The lowest BCUT2D eigenvalue weighted by Crippen LogP contribution is -2.05. The largest absolute Gasteiger partial charge is 0.417 e. The van der Waals surface area contributed by atoms with Gasteiger partial charge in [-0.05, 0) is 30.0 Å². The van der Waals surface area contributed by atoms with Crippen molar-refractivity contribution in [2.75, 3.05) is 0 Å². The first kappa shape index (κ1) is 15.8. The summed E-state index contributed by atoms with van der Waals surface area (Å²) in [4.78, 5) is 7.62. The van der Waals surface area contributed by atoms with Crippen molar-refractivity contribution >= 4 is 23.4 Å². The first-order chi connectivity index (χ1) is 10.9. The Labute approximate surface area is 136 Å². The lowest BCUT2D eigenvalue weighted by atomic mass is 10.3. The van der Waals surface area contributed by atoms with E-state index in [4.69, 9.17) is 16.0 Å².